The molecule has 6 nitrogen and oxygen atoms in total. The van der Waals surface area contributed by atoms with Gasteiger partial charge < -0.3 is 5.32 Å². The van der Waals surface area contributed by atoms with E-state index in [1.165, 1.54) is 0 Å². The molecule has 0 aliphatic heterocycles. The van der Waals surface area contributed by atoms with Gasteiger partial charge in [0.1, 0.15) is 6.54 Å². The van der Waals surface area contributed by atoms with Gasteiger partial charge in [0.15, 0.2) is 0 Å². The van der Waals surface area contributed by atoms with E-state index in [1.54, 1.807) is 49.4 Å². The molecule has 0 spiro atoms. The lowest BCUT2D eigenvalue weighted by atomic mass is 10.1. The molecule has 1 unspecified atom stereocenters. The van der Waals surface area contributed by atoms with E-state index in [2.05, 4.69) is 10.4 Å². The molecule has 3 aromatic rings. The Kier molecular flexibility index (Phi) is 5.15. The Balaban J connectivity index is 1.82. The first kappa shape index (κ1) is 18.2. The molecule has 2 N–H and O–H groups in total. The number of rotatable bonds is 4. The van der Waals surface area contributed by atoms with E-state index >= 15 is 0 Å². The molecule has 1 amide bonds. The second kappa shape index (κ2) is 7.35. The number of amides is 1. The number of aromatic nitrogens is 2. The fourth-order valence-corrected chi connectivity index (χ4v) is 3.29. The van der Waals surface area contributed by atoms with Gasteiger partial charge in [0, 0.05) is 10.0 Å². The fourth-order valence-electron chi connectivity index (χ4n) is 2.72. The van der Waals surface area contributed by atoms with Crippen LogP contribution >= 0.6 is 23.2 Å². The van der Waals surface area contributed by atoms with E-state index in [0.29, 0.717) is 15.6 Å². The highest BCUT2D eigenvalue weighted by Gasteiger charge is 2.15. The van der Waals surface area contributed by atoms with Crippen molar-refractivity contribution in [3.8, 4) is 0 Å². The van der Waals surface area contributed by atoms with Gasteiger partial charge in [0.2, 0.25) is 5.91 Å². The predicted octanol–water partition coefficient (Wildman–Crippen LogP) is 2.87. The largest absolute Gasteiger partial charge is 0.348 e. The molecular formula is C18H15Cl2N3O3. The second-order valence-electron chi connectivity index (χ2n) is 5.83. The number of H-pyrrole nitrogens is 1. The van der Waals surface area contributed by atoms with E-state index < -0.39 is 23.1 Å². The van der Waals surface area contributed by atoms with Crippen LogP contribution in [0.5, 0.6) is 0 Å². The van der Waals surface area contributed by atoms with E-state index in [0.717, 1.165) is 4.68 Å². The molecule has 8 heteroatoms. The third-order valence-corrected chi connectivity index (χ3v) is 4.55. The van der Waals surface area contributed by atoms with E-state index in [1.807, 2.05) is 0 Å². The molecule has 0 radical (unpaired) electrons. The highest BCUT2D eigenvalue weighted by molar-refractivity contribution is 6.35. The molecule has 1 aromatic heterocycles. The van der Waals surface area contributed by atoms with Crippen LogP contribution in [0.25, 0.3) is 10.8 Å². The minimum atomic E-state index is -0.437. The summed E-state index contributed by atoms with van der Waals surface area (Å²) in [5.74, 6) is -0.434. The van der Waals surface area contributed by atoms with Gasteiger partial charge in [-0.15, -0.1) is 0 Å². The maximum Gasteiger partial charge on any atom is 0.273 e. The quantitative estimate of drug-likeness (QED) is 0.716. The summed E-state index contributed by atoms with van der Waals surface area (Å²) in [7, 11) is 0. The van der Waals surface area contributed by atoms with Crippen LogP contribution in [0, 0.1) is 0 Å². The highest BCUT2D eigenvalue weighted by atomic mass is 35.5. The predicted molar refractivity (Wildman–Crippen MR) is 102 cm³/mol. The van der Waals surface area contributed by atoms with Crippen LogP contribution in [0.15, 0.2) is 52.1 Å². The van der Waals surface area contributed by atoms with Crippen LogP contribution in [-0.2, 0) is 11.3 Å². The highest BCUT2D eigenvalue weighted by Crippen LogP contribution is 2.25. The van der Waals surface area contributed by atoms with E-state index in [9.17, 15) is 14.4 Å². The number of nitrogens with zero attached hydrogens (tertiary/aromatic N) is 1. The van der Waals surface area contributed by atoms with Gasteiger partial charge in [-0.25, -0.2) is 4.68 Å². The maximum absolute atomic E-state index is 12.4. The first-order chi connectivity index (χ1) is 12.4. The standard InChI is InChI=1S/C18H15Cl2N3O3/c1-10(12-7-6-11(19)8-15(12)20)21-16(24)9-23-18(26)14-5-3-2-4-13(14)17(25)22-23/h2-8,10H,9H2,1H3,(H,21,24)(H,22,25). The Morgan fingerprint density at radius 2 is 1.85 bits per heavy atom. The zero-order chi connectivity index (χ0) is 18.8. The number of nitrogens with one attached hydrogen (secondary N) is 2. The van der Waals surface area contributed by atoms with Crippen LogP contribution in [0.2, 0.25) is 10.0 Å². The number of carbonyl (C=O) groups is 1. The number of carbonyl (C=O) groups excluding carboxylic acids is 1. The third-order valence-electron chi connectivity index (χ3n) is 3.99. The lowest BCUT2D eigenvalue weighted by Gasteiger charge is -2.16. The Hall–Kier alpha value is -2.57. The van der Waals surface area contributed by atoms with Crippen molar-refractivity contribution in [2.24, 2.45) is 0 Å². The lowest BCUT2D eigenvalue weighted by Crippen LogP contribution is -2.37. The molecule has 0 bridgehead atoms. The number of hydrogen-bond acceptors (Lipinski definition) is 3. The molecule has 26 heavy (non-hydrogen) atoms. The molecule has 134 valence electrons. The number of hydrogen-bond donors (Lipinski definition) is 2. The Labute approximate surface area is 158 Å². The van der Waals surface area contributed by atoms with Gasteiger partial charge in [-0.1, -0.05) is 41.4 Å². The van der Waals surface area contributed by atoms with Gasteiger partial charge in [0.05, 0.1) is 16.8 Å². The van der Waals surface area contributed by atoms with Crippen molar-refractivity contribution in [2.75, 3.05) is 0 Å². The Morgan fingerprint density at radius 1 is 1.15 bits per heavy atom. The number of halogens is 2. The lowest BCUT2D eigenvalue weighted by molar-refractivity contribution is -0.122. The molecule has 1 heterocycles. The van der Waals surface area contributed by atoms with Gasteiger partial charge in [-0.05, 0) is 36.8 Å². The number of fused-ring (bicyclic) bond motifs is 1. The summed E-state index contributed by atoms with van der Waals surface area (Å²) in [5.41, 5.74) is -0.168. The van der Waals surface area contributed by atoms with Crippen molar-refractivity contribution in [1.82, 2.24) is 15.1 Å². The van der Waals surface area contributed by atoms with Gasteiger partial charge in [-0.2, -0.15) is 0 Å². The van der Waals surface area contributed by atoms with Crippen molar-refractivity contribution in [3.63, 3.8) is 0 Å². The van der Waals surface area contributed by atoms with Crippen LogP contribution in [0.3, 0.4) is 0 Å². The normalized spacial score (nSPS) is 12.1. The molecule has 0 saturated heterocycles. The Morgan fingerprint density at radius 3 is 2.54 bits per heavy atom. The van der Waals surface area contributed by atoms with Crippen LogP contribution < -0.4 is 16.4 Å². The van der Waals surface area contributed by atoms with Crippen molar-refractivity contribution in [1.29, 1.82) is 0 Å². The van der Waals surface area contributed by atoms with Crippen molar-refractivity contribution < 1.29 is 4.79 Å². The average molecular weight is 392 g/mol. The smallest absolute Gasteiger partial charge is 0.273 e. The maximum atomic E-state index is 12.4. The molecular weight excluding hydrogens is 377 g/mol. The van der Waals surface area contributed by atoms with Crippen LogP contribution in [0.1, 0.15) is 18.5 Å². The monoisotopic (exact) mass is 391 g/mol. The summed E-state index contributed by atoms with van der Waals surface area (Å²) in [6.07, 6.45) is 0. The van der Waals surface area contributed by atoms with Crippen LogP contribution in [0.4, 0.5) is 0 Å². The SMILES string of the molecule is CC(NC(=O)Cn1[nH]c(=O)c2ccccc2c1=O)c1ccc(Cl)cc1Cl. The van der Waals surface area contributed by atoms with E-state index in [4.69, 9.17) is 23.2 Å². The van der Waals surface area contributed by atoms with Crippen LogP contribution in [-0.4, -0.2) is 15.7 Å². The zero-order valence-corrected chi connectivity index (χ0v) is 15.3. The minimum absolute atomic E-state index is 0.262. The van der Waals surface area contributed by atoms with Crippen molar-refractivity contribution in [2.45, 2.75) is 19.5 Å². The first-order valence-electron chi connectivity index (χ1n) is 7.83. The molecule has 2 aromatic carbocycles. The molecule has 1 atom stereocenters. The summed E-state index contributed by atoms with van der Waals surface area (Å²) >= 11 is 12.0. The fraction of sp³-hybridized carbons (Fsp3) is 0.167. The van der Waals surface area contributed by atoms with Gasteiger partial charge in [-0.3, -0.25) is 19.5 Å². The second-order valence-corrected chi connectivity index (χ2v) is 6.68. The zero-order valence-electron chi connectivity index (χ0n) is 13.8. The summed E-state index contributed by atoms with van der Waals surface area (Å²) < 4.78 is 0.996. The molecule has 3 rings (SSSR count). The Bertz CT molecular complexity index is 1100. The van der Waals surface area contributed by atoms with E-state index in [-0.39, 0.29) is 17.3 Å². The summed E-state index contributed by atoms with van der Waals surface area (Å²) in [6, 6.07) is 11.0. The third kappa shape index (κ3) is 3.66. The minimum Gasteiger partial charge on any atom is -0.348 e. The molecule has 0 fully saturated rings. The molecule has 0 aliphatic rings. The molecule has 0 saturated carbocycles. The summed E-state index contributed by atoms with van der Waals surface area (Å²) in [6.45, 7) is 1.45. The summed E-state index contributed by atoms with van der Waals surface area (Å²) in [4.78, 5) is 36.8. The molecule has 0 aliphatic carbocycles. The first-order valence-corrected chi connectivity index (χ1v) is 8.58. The average Bonchev–Trinajstić information content (AvgIpc) is 2.59. The summed E-state index contributed by atoms with van der Waals surface area (Å²) in [5, 5.41) is 6.66. The van der Waals surface area contributed by atoms with Crippen molar-refractivity contribution >= 4 is 39.9 Å². The van der Waals surface area contributed by atoms with Gasteiger partial charge >= 0.3 is 0 Å². The number of aromatic amines is 1. The number of benzene rings is 2. The van der Waals surface area contributed by atoms with Crippen molar-refractivity contribution in [3.05, 3.63) is 78.8 Å². The van der Waals surface area contributed by atoms with Gasteiger partial charge in [0.25, 0.3) is 11.1 Å². The topological polar surface area (TPSA) is 84.0 Å².